The molecule has 0 aliphatic carbocycles. The summed E-state index contributed by atoms with van der Waals surface area (Å²) in [7, 11) is 0. The molecule has 94 heavy (non-hydrogen) atoms. The minimum absolute atomic E-state index is 0.0413. The lowest BCUT2D eigenvalue weighted by Gasteiger charge is -2.22. The molecule has 4 heterocycles. The summed E-state index contributed by atoms with van der Waals surface area (Å²) in [4.78, 5) is 0. The number of aryl methyl sites for hydroxylation is 8. The maximum Gasteiger partial charge on any atom is 0.418 e. The van der Waals surface area contributed by atoms with Crippen molar-refractivity contribution in [2.75, 3.05) is 0 Å². The SMILES string of the molecule is Cc1ccc2c(c1)c1cc(C)ccc1n2-c1cc(-n2c3ccc(C)cc3c3cc(C)ccc32)c(-c2cccc(C#N)c2)cc1C#N.Cc1ccc2c(c1)c1cc(C)ccc1n2-c1cc(-n2c3ccc(C)cc3c3cc(C)ccc32)c(C(F)(F)F)cc1-c1cccc(C#N)c1. The predicted octanol–water partition coefficient (Wildman–Crippen LogP) is 22.2. The van der Waals surface area contributed by atoms with E-state index in [0.29, 0.717) is 44.5 Å². The smallest absolute Gasteiger partial charge is 0.309 e. The number of benzene rings is 12. The molecule has 10 heteroatoms. The Bertz CT molecular complexity index is 5820. The molecule has 0 aliphatic rings. The van der Waals surface area contributed by atoms with Gasteiger partial charge in [0, 0.05) is 54.2 Å². The summed E-state index contributed by atoms with van der Waals surface area (Å²) >= 11 is 0. The van der Waals surface area contributed by atoms with E-state index in [1.165, 1.54) is 39.1 Å². The lowest BCUT2D eigenvalue weighted by molar-refractivity contribution is -0.137. The summed E-state index contributed by atoms with van der Waals surface area (Å²) < 4.78 is 54.6. The first-order valence-electron chi connectivity index (χ1n) is 31.3. The lowest BCUT2D eigenvalue weighted by Crippen LogP contribution is -2.13. The van der Waals surface area contributed by atoms with Gasteiger partial charge in [-0.05, 0) is 212 Å². The van der Waals surface area contributed by atoms with Gasteiger partial charge in [-0.15, -0.1) is 0 Å². The standard InChI is InChI=1S/C42H30F3N3.C42H30N4/c1-24-8-12-36-31(16-24)32-17-25(2)9-13-37(32)47(36)40-22-41(35(42(43,44)45)21-30(40)29-7-5-6-28(20-29)23-46)48-38-14-10-26(3)18-33(38)34-19-27(4)11-15-39(34)48;1-25-8-12-37-33(16-25)34-17-26(2)9-13-38(34)45(37)41-22-42(32(21-31(41)24-44)30-7-5-6-29(20-30)23-43)46-39-14-10-27(3)18-35(39)36-19-28(4)11-15-40(36)46/h5-22H,1-4H3;5-22H,1-4H3. The van der Waals surface area contributed by atoms with Crippen molar-refractivity contribution in [3.8, 4) is 63.2 Å². The third-order valence-electron chi connectivity index (χ3n) is 18.5. The molecule has 0 aliphatic heterocycles. The fourth-order valence-electron chi connectivity index (χ4n) is 14.2. The largest absolute Gasteiger partial charge is 0.418 e. The summed E-state index contributed by atoms with van der Waals surface area (Å²) in [5.41, 5.74) is 22.4. The van der Waals surface area contributed by atoms with Crippen molar-refractivity contribution in [1.82, 2.24) is 18.3 Å². The van der Waals surface area contributed by atoms with Gasteiger partial charge < -0.3 is 18.3 Å². The minimum Gasteiger partial charge on any atom is -0.309 e. The molecule has 0 atom stereocenters. The molecule has 0 radical (unpaired) electrons. The number of rotatable bonds is 6. The molecule has 452 valence electrons. The van der Waals surface area contributed by atoms with Crippen LogP contribution >= 0.6 is 0 Å². The van der Waals surface area contributed by atoms with Crippen LogP contribution in [0.5, 0.6) is 0 Å². The molecule has 12 aromatic carbocycles. The number of aromatic nitrogens is 4. The normalized spacial score (nSPS) is 11.7. The Morgan fingerprint density at radius 2 is 0.543 bits per heavy atom. The summed E-state index contributed by atoms with van der Waals surface area (Å²) in [6.07, 6.45) is -4.68. The first kappa shape index (κ1) is 58.5. The highest BCUT2D eigenvalue weighted by molar-refractivity contribution is 6.14. The van der Waals surface area contributed by atoms with Crippen molar-refractivity contribution in [3.63, 3.8) is 0 Å². The highest BCUT2D eigenvalue weighted by Crippen LogP contribution is 2.47. The van der Waals surface area contributed by atoms with E-state index in [4.69, 9.17) is 0 Å². The topological polar surface area (TPSA) is 91.1 Å². The summed E-state index contributed by atoms with van der Waals surface area (Å²) in [6.45, 7) is 16.6. The molecule has 0 unspecified atom stereocenters. The molecular weight excluding hydrogens is 1160 g/mol. The predicted molar refractivity (Wildman–Crippen MR) is 378 cm³/mol. The zero-order valence-electron chi connectivity index (χ0n) is 53.0. The van der Waals surface area contributed by atoms with E-state index in [-0.39, 0.29) is 5.69 Å². The van der Waals surface area contributed by atoms with Crippen molar-refractivity contribution in [2.24, 2.45) is 0 Å². The first-order valence-corrected chi connectivity index (χ1v) is 31.3. The monoisotopic (exact) mass is 1220 g/mol. The number of hydrogen-bond acceptors (Lipinski definition) is 3. The number of hydrogen-bond donors (Lipinski definition) is 0. The number of nitriles is 3. The molecule has 0 saturated heterocycles. The van der Waals surface area contributed by atoms with E-state index in [1.54, 1.807) is 34.9 Å². The molecule has 0 saturated carbocycles. The Hall–Kier alpha value is -11.9. The second kappa shape index (κ2) is 22.2. The van der Waals surface area contributed by atoms with Crippen LogP contribution in [0.15, 0.2) is 218 Å². The number of nitrogens with zero attached hydrogens (tertiary/aromatic N) is 7. The van der Waals surface area contributed by atoms with Crippen molar-refractivity contribution >= 4 is 87.2 Å². The molecule has 16 rings (SSSR count). The number of fused-ring (bicyclic) bond motifs is 12. The lowest BCUT2D eigenvalue weighted by atomic mass is 9.97. The molecule has 4 aromatic heterocycles. The average molecular weight is 1220 g/mol. The Balaban J connectivity index is 0.000000155. The fourth-order valence-corrected chi connectivity index (χ4v) is 14.2. The van der Waals surface area contributed by atoms with Crippen LogP contribution in [0.1, 0.15) is 66.8 Å². The van der Waals surface area contributed by atoms with Gasteiger partial charge in [-0.1, -0.05) is 117 Å². The van der Waals surface area contributed by atoms with E-state index >= 15 is 13.2 Å². The van der Waals surface area contributed by atoms with E-state index in [9.17, 15) is 15.8 Å². The Morgan fingerprint density at radius 3 is 0.819 bits per heavy atom. The van der Waals surface area contributed by atoms with Crippen LogP contribution in [0.3, 0.4) is 0 Å². The third-order valence-corrected chi connectivity index (χ3v) is 18.5. The highest BCUT2D eigenvalue weighted by atomic mass is 19.4. The van der Waals surface area contributed by atoms with Crippen molar-refractivity contribution < 1.29 is 13.2 Å². The molecule has 0 N–H and O–H groups in total. The van der Waals surface area contributed by atoms with Crippen LogP contribution in [-0.2, 0) is 6.18 Å². The van der Waals surface area contributed by atoms with Gasteiger partial charge in [-0.3, -0.25) is 0 Å². The number of alkyl halides is 3. The fraction of sp³-hybridized carbons (Fsp3) is 0.107. The Morgan fingerprint density at radius 1 is 0.277 bits per heavy atom. The van der Waals surface area contributed by atoms with Crippen LogP contribution in [0.4, 0.5) is 13.2 Å². The molecule has 0 fully saturated rings. The summed E-state index contributed by atoms with van der Waals surface area (Å²) in [6, 6.07) is 79.1. The second-order valence-corrected chi connectivity index (χ2v) is 25.3. The molecule has 0 amide bonds. The van der Waals surface area contributed by atoms with Gasteiger partial charge in [-0.25, -0.2) is 0 Å². The van der Waals surface area contributed by atoms with E-state index in [0.717, 1.165) is 110 Å². The second-order valence-electron chi connectivity index (χ2n) is 25.3. The summed E-state index contributed by atoms with van der Waals surface area (Å²) in [5, 5.41) is 38.8. The Kier molecular flexibility index (Phi) is 13.8. The van der Waals surface area contributed by atoms with E-state index in [1.807, 2.05) is 119 Å². The molecule has 7 nitrogen and oxygen atoms in total. The van der Waals surface area contributed by atoms with Crippen LogP contribution < -0.4 is 0 Å². The van der Waals surface area contributed by atoms with Crippen LogP contribution in [-0.4, -0.2) is 18.3 Å². The maximum atomic E-state index is 15.4. The van der Waals surface area contributed by atoms with E-state index in [2.05, 4.69) is 151 Å². The van der Waals surface area contributed by atoms with Gasteiger partial charge >= 0.3 is 6.18 Å². The quantitative estimate of drug-likeness (QED) is 0.166. The van der Waals surface area contributed by atoms with Crippen molar-refractivity contribution in [2.45, 2.75) is 61.6 Å². The zero-order chi connectivity index (χ0) is 65.2. The van der Waals surface area contributed by atoms with Gasteiger partial charge in [0.05, 0.1) is 101 Å². The molecular formula is C84H60F3N7. The zero-order valence-corrected chi connectivity index (χ0v) is 53.0. The highest BCUT2D eigenvalue weighted by Gasteiger charge is 2.37. The van der Waals surface area contributed by atoms with Gasteiger partial charge in [-0.2, -0.15) is 29.0 Å². The maximum absolute atomic E-state index is 15.4. The van der Waals surface area contributed by atoms with Gasteiger partial charge in [0.1, 0.15) is 6.07 Å². The van der Waals surface area contributed by atoms with Crippen molar-refractivity contribution in [3.05, 3.63) is 285 Å². The molecule has 0 bridgehead atoms. The third kappa shape index (κ3) is 9.63. The average Bonchev–Trinajstić information content (AvgIpc) is 1.53. The van der Waals surface area contributed by atoms with Crippen LogP contribution in [0, 0.1) is 89.4 Å². The first-order chi connectivity index (χ1) is 45.3. The minimum atomic E-state index is -4.68. The van der Waals surface area contributed by atoms with Crippen LogP contribution in [0.25, 0.3) is 132 Å². The van der Waals surface area contributed by atoms with Gasteiger partial charge in [0.2, 0.25) is 0 Å². The summed E-state index contributed by atoms with van der Waals surface area (Å²) in [5.74, 6) is 0. The van der Waals surface area contributed by atoms with Crippen LogP contribution in [0.2, 0.25) is 0 Å². The van der Waals surface area contributed by atoms with Crippen molar-refractivity contribution in [1.29, 1.82) is 15.8 Å². The van der Waals surface area contributed by atoms with E-state index < -0.39 is 11.7 Å². The number of halogens is 3. The molecule has 0 spiro atoms. The van der Waals surface area contributed by atoms with Gasteiger partial charge in [0.25, 0.3) is 0 Å². The Labute approximate surface area is 541 Å². The van der Waals surface area contributed by atoms with Gasteiger partial charge in [0.15, 0.2) is 0 Å². The molecule has 16 aromatic rings.